The molecule has 0 radical (unpaired) electrons. The third-order valence-electron chi connectivity index (χ3n) is 2.04. The minimum Gasteiger partial charge on any atom is -0.494 e. The van der Waals surface area contributed by atoms with Crippen LogP contribution < -0.4 is 4.74 Å². The van der Waals surface area contributed by atoms with E-state index < -0.39 is 0 Å². The maximum Gasteiger partial charge on any atom is 0.119 e. The zero-order valence-electron chi connectivity index (χ0n) is 8.79. The second-order valence-electron chi connectivity index (χ2n) is 3.81. The van der Waals surface area contributed by atoms with Gasteiger partial charge in [0.1, 0.15) is 5.75 Å². The number of hydrogen-bond acceptors (Lipinski definition) is 1. The van der Waals surface area contributed by atoms with Crippen molar-refractivity contribution < 1.29 is 4.74 Å². The number of hydrogen-bond donors (Lipinski definition) is 0. The summed E-state index contributed by atoms with van der Waals surface area (Å²) in [7, 11) is 0. The van der Waals surface area contributed by atoms with Crippen LogP contribution in [0.3, 0.4) is 0 Å². The summed E-state index contributed by atoms with van der Waals surface area (Å²) in [5, 5.41) is 0.902. The van der Waals surface area contributed by atoms with Crippen molar-refractivity contribution in [2.45, 2.75) is 25.6 Å². The Hall–Kier alpha value is -0.500. The lowest BCUT2D eigenvalue weighted by atomic mass is 10.1. The average Bonchev–Trinajstić information content (AvgIpc) is 2.18. The van der Waals surface area contributed by atoms with Crippen molar-refractivity contribution in [3.05, 3.63) is 29.8 Å². The molecule has 1 aromatic rings. The Bertz CT molecular complexity index is 254. The van der Waals surface area contributed by atoms with Crippen LogP contribution in [0.5, 0.6) is 5.75 Å². The SMILES string of the molecule is CC(C)CCOc1ccc(CBr)cc1. The first-order valence-electron chi connectivity index (χ1n) is 5.00. The van der Waals surface area contributed by atoms with Crippen LogP contribution in [-0.2, 0) is 5.33 Å². The van der Waals surface area contributed by atoms with E-state index in [1.807, 2.05) is 12.1 Å². The minimum absolute atomic E-state index is 0.705. The highest BCUT2D eigenvalue weighted by Crippen LogP contribution is 2.14. The molecule has 0 aliphatic heterocycles. The molecule has 0 heterocycles. The predicted octanol–water partition coefficient (Wildman–Crippen LogP) is 4.01. The third kappa shape index (κ3) is 4.14. The summed E-state index contributed by atoms with van der Waals surface area (Å²) in [6, 6.07) is 8.22. The monoisotopic (exact) mass is 256 g/mol. The summed E-state index contributed by atoms with van der Waals surface area (Å²) >= 11 is 3.41. The molecule has 0 N–H and O–H groups in total. The van der Waals surface area contributed by atoms with Crippen LogP contribution in [0.1, 0.15) is 25.8 Å². The van der Waals surface area contributed by atoms with E-state index in [2.05, 4.69) is 41.9 Å². The highest BCUT2D eigenvalue weighted by atomic mass is 79.9. The van der Waals surface area contributed by atoms with Gasteiger partial charge in [-0.3, -0.25) is 0 Å². The molecule has 2 heteroatoms. The van der Waals surface area contributed by atoms with Crippen LogP contribution in [0.2, 0.25) is 0 Å². The van der Waals surface area contributed by atoms with Crippen LogP contribution in [0.25, 0.3) is 0 Å². The molecule has 0 amide bonds. The van der Waals surface area contributed by atoms with E-state index in [1.165, 1.54) is 5.56 Å². The molecule has 0 saturated heterocycles. The van der Waals surface area contributed by atoms with Gasteiger partial charge in [0.2, 0.25) is 0 Å². The fraction of sp³-hybridized carbons (Fsp3) is 0.500. The van der Waals surface area contributed by atoms with E-state index in [0.29, 0.717) is 5.92 Å². The highest BCUT2D eigenvalue weighted by molar-refractivity contribution is 9.08. The van der Waals surface area contributed by atoms with Crippen molar-refractivity contribution in [1.29, 1.82) is 0 Å². The number of benzene rings is 1. The highest BCUT2D eigenvalue weighted by Gasteiger charge is 1.96. The zero-order valence-corrected chi connectivity index (χ0v) is 10.4. The molecular formula is C12H17BrO. The molecule has 78 valence electrons. The number of ether oxygens (including phenoxy) is 1. The number of halogens is 1. The fourth-order valence-corrected chi connectivity index (χ4v) is 1.46. The molecule has 1 aromatic carbocycles. The van der Waals surface area contributed by atoms with Gasteiger partial charge in [-0.15, -0.1) is 0 Å². The van der Waals surface area contributed by atoms with Crippen LogP contribution in [0.15, 0.2) is 24.3 Å². The standard InChI is InChI=1S/C12H17BrO/c1-10(2)7-8-14-12-5-3-11(9-13)4-6-12/h3-6,10H,7-9H2,1-2H3. The molecule has 0 fully saturated rings. The Labute approximate surface area is 94.6 Å². The molecule has 0 aliphatic carbocycles. The molecule has 0 aromatic heterocycles. The van der Waals surface area contributed by atoms with Crippen LogP contribution in [-0.4, -0.2) is 6.61 Å². The van der Waals surface area contributed by atoms with Gasteiger partial charge in [0, 0.05) is 5.33 Å². The van der Waals surface area contributed by atoms with Crippen molar-refractivity contribution >= 4 is 15.9 Å². The Morgan fingerprint density at radius 2 is 1.86 bits per heavy atom. The van der Waals surface area contributed by atoms with Gasteiger partial charge in [0.05, 0.1) is 6.61 Å². The minimum atomic E-state index is 0.705. The van der Waals surface area contributed by atoms with Crippen molar-refractivity contribution in [2.75, 3.05) is 6.61 Å². The quantitative estimate of drug-likeness (QED) is 0.724. The van der Waals surface area contributed by atoms with E-state index in [9.17, 15) is 0 Å². The topological polar surface area (TPSA) is 9.23 Å². The lowest BCUT2D eigenvalue weighted by Gasteiger charge is -2.08. The van der Waals surface area contributed by atoms with Gasteiger partial charge in [0.15, 0.2) is 0 Å². The van der Waals surface area contributed by atoms with Crippen molar-refractivity contribution in [1.82, 2.24) is 0 Å². The summed E-state index contributed by atoms with van der Waals surface area (Å²) in [4.78, 5) is 0. The van der Waals surface area contributed by atoms with E-state index in [-0.39, 0.29) is 0 Å². The fourth-order valence-electron chi connectivity index (χ4n) is 1.09. The lowest BCUT2D eigenvalue weighted by molar-refractivity contribution is 0.289. The molecule has 0 bridgehead atoms. The Morgan fingerprint density at radius 1 is 1.21 bits per heavy atom. The van der Waals surface area contributed by atoms with E-state index >= 15 is 0 Å². The maximum absolute atomic E-state index is 5.60. The first-order chi connectivity index (χ1) is 6.72. The lowest BCUT2D eigenvalue weighted by Crippen LogP contribution is -2.01. The Kier molecular flexibility index (Phi) is 5.02. The summed E-state index contributed by atoms with van der Waals surface area (Å²) in [5.74, 6) is 1.67. The number of rotatable bonds is 5. The molecule has 14 heavy (non-hydrogen) atoms. The van der Waals surface area contributed by atoms with Crippen molar-refractivity contribution in [3.8, 4) is 5.75 Å². The van der Waals surface area contributed by atoms with Gasteiger partial charge in [-0.25, -0.2) is 0 Å². The molecule has 0 unspecified atom stereocenters. The third-order valence-corrected chi connectivity index (χ3v) is 2.69. The van der Waals surface area contributed by atoms with Crippen LogP contribution >= 0.6 is 15.9 Å². The van der Waals surface area contributed by atoms with Crippen LogP contribution in [0.4, 0.5) is 0 Å². The molecule has 0 spiro atoms. The number of alkyl halides is 1. The molecule has 0 atom stereocenters. The Morgan fingerprint density at radius 3 is 2.36 bits per heavy atom. The van der Waals surface area contributed by atoms with E-state index in [0.717, 1.165) is 24.1 Å². The van der Waals surface area contributed by atoms with Gasteiger partial charge in [-0.05, 0) is 30.0 Å². The maximum atomic E-state index is 5.60. The van der Waals surface area contributed by atoms with Crippen molar-refractivity contribution in [3.63, 3.8) is 0 Å². The smallest absolute Gasteiger partial charge is 0.119 e. The van der Waals surface area contributed by atoms with Crippen LogP contribution in [0, 0.1) is 5.92 Å². The summed E-state index contributed by atoms with van der Waals surface area (Å²) in [5.41, 5.74) is 1.28. The zero-order chi connectivity index (χ0) is 10.4. The molecular weight excluding hydrogens is 240 g/mol. The van der Waals surface area contributed by atoms with Gasteiger partial charge in [-0.1, -0.05) is 41.9 Å². The largest absolute Gasteiger partial charge is 0.494 e. The van der Waals surface area contributed by atoms with Gasteiger partial charge in [0.25, 0.3) is 0 Å². The molecule has 1 rings (SSSR count). The summed E-state index contributed by atoms with van der Waals surface area (Å²) in [6.07, 6.45) is 1.11. The molecule has 0 aliphatic rings. The molecule has 0 saturated carbocycles. The molecule has 1 nitrogen and oxygen atoms in total. The second-order valence-corrected chi connectivity index (χ2v) is 4.37. The van der Waals surface area contributed by atoms with Gasteiger partial charge in [-0.2, -0.15) is 0 Å². The summed E-state index contributed by atoms with van der Waals surface area (Å²) < 4.78 is 5.60. The van der Waals surface area contributed by atoms with Gasteiger partial charge < -0.3 is 4.74 Å². The predicted molar refractivity (Wildman–Crippen MR) is 64.0 cm³/mol. The summed E-state index contributed by atoms with van der Waals surface area (Å²) in [6.45, 7) is 5.22. The van der Waals surface area contributed by atoms with E-state index in [1.54, 1.807) is 0 Å². The van der Waals surface area contributed by atoms with E-state index in [4.69, 9.17) is 4.74 Å². The normalized spacial score (nSPS) is 10.6. The second kappa shape index (κ2) is 6.07. The van der Waals surface area contributed by atoms with Crippen molar-refractivity contribution in [2.24, 2.45) is 5.92 Å². The first-order valence-corrected chi connectivity index (χ1v) is 6.12. The van der Waals surface area contributed by atoms with Gasteiger partial charge >= 0.3 is 0 Å². The average molecular weight is 257 g/mol. The Balaban J connectivity index is 2.36. The first kappa shape index (κ1) is 11.6.